The SMILES string of the molecule is BC1OC(CO[PH](=O)O)C(O)N(C(C)C)C1O. The van der Waals surface area contributed by atoms with Crippen molar-refractivity contribution in [3.05, 3.63) is 0 Å². The van der Waals surface area contributed by atoms with Crippen LogP contribution < -0.4 is 0 Å². The number of morpholine rings is 1. The van der Waals surface area contributed by atoms with Gasteiger partial charge in [-0.25, -0.2) is 4.90 Å². The fourth-order valence-electron chi connectivity index (χ4n) is 1.90. The van der Waals surface area contributed by atoms with Crippen LogP contribution in [0.4, 0.5) is 0 Å². The van der Waals surface area contributed by atoms with Crippen LogP contribution in [0.25, 0.3) is 0 Å². The Morgan fingerprint density at radius 2 is 2.06 bits per heavy atom. The topological polar surface area (TPSA) is 99.5 Å². The van der Waals surface area contributed by atoms with E-state index in [1.807, 2.05) is 13.8 Å². The Morgan fingerprint density at radius 1 is 1.47 bits per heavy atom. The molecule has 100 valence electrons. The summed E-state index contributed by atoms with van der Waals surface area (Å²) < 4.78 is 20.4. The summed E-state index contributed by atoms with van der Waals surface area (Å²) in [7, 11) is -1.38. The van der Waals surface area contributed by atoms with Gasteiger partial charge in [0.2, 0.25) is 0 Å². The largest absolute Gasteiger partial charge is 0.376 e. The van der Waals surface area contributed by atoms with E-state index in [1.165, 1.54) is 4.90 Å². The molecule has 1 fully saturated rings. The Balaban J connectivity index is 2.70. The molecule has 0 aromatic rings. The molecule has 0 saturated carbocycles. The number of hydrogen-bond donors (Lipinski definition) is 3. The van der Waals surface area contributed by atoms with Crippen molar-refractivity contribution in [2.24, 2.45) is 0 Å². The van der Waals surface area contributed by atoms with Gasteiger partial charge < -0.3 is 24.4 Å². The monoisotopic (exact) mass is 267 g/mol. The summed E-state index contributed by atoms with van der Waals surface area (Å²) in [5, 5.41) is 19.9. The van der Waals surface area contributed by atoms with Crippen LogP contribution in [-0.2, 0) is 13.8 Å². The van der Waals surface area contributed by atoms with Crippen LogP contribution in [0.2, 0.25) is 0 Å². The van der Waals surface area contributed by atoms with E-state index in [-0.39, 0.29) is 12.6 Å². The molecule has 9 heteroatoms. The van der Waals surface area contributed by atoms with Gasteiger partial charge in [0.15, 0.2) is 0 Å². The van der Waals surface area contributed by atoms with Crippen molar-refractivity contribution in [3.63, 3.8) is 0 Å². The molecule has 7 nitrogen and oxygen atoms in total. The summed E-state index contributed by atoms with van der Waals surface area (Å²) in [5.74, 6) is 0. The zero-order valence-corrected chi connectivity index (χ0v) is 11.1. The predicted octanol–water partition coefficient (Wildman–Crippen LogP) is -1.91. The molecule has 0 bridgehead atoms. The molecule has 0 spiro atoms. The van der Waals surface area contributed by atoms with Gasteiger partial charge in [0.25, 0.3) is 0 Å². The lowest BCUT2D eigenvalue weighted by Gasteiger charge is -2.46. The average molecular weight is 267 g/mol. The second kappa shape index (κ2) is 6.29. The second-order valence-corrected chi connectivity index (χ2v) is 5.15. The number of nitrogens with zero attached hydrogens (tertiary/aromatic N) is 1. The van der Waals surface area contributed by atoms with Crippen molar-refractivity contribution >= 4 is 16.1 Å². The van der Waals surface area contributed by atoms with Crippen LogP contribution in [0.15, 0.2) is 0 Å². The highest BCUT2D eigenvalue weighted by molar-refractivity contribution is 7.32. The number of hydrogen-bond acceptors (Lipinski definition) is 6. The van der Waals surface area contributed by atoms with Crippen molar-refractivity contribution < 1.29 is 28.9 Å². The van der Waals surface area contributed by atoms with Crippen molar-refractivity contribution in [1.82, 2.24) is 4.90 Å². The van der Waals surface area contributed by atoms with Crippen LogP contribution in [-0.4, -0.2) is 65.1 Å². The molecule has 1 heterocycles. The van der Waals surface area contributed by atoms with Gasteiger partial charge in [0, 0.05) is 6.04 Å². The molecule has 0 aliphatic carbocycles. The molecule has 5 unspecified atom stereocenters. The smallest absolute Gasteiger partial charge is 0.316 e. The van der Waals surface area contributed by atoms with Crippen LogP contribution in [0, 0.1) is 0 Å². The minimum Gasteiger partial charge on any atom is -0.376 e. The zero-order chi connectivity index (χ0) is 13.2. The Kier molecular flexibility index (Phi) is 5.59. The number of aliphatic hydroxyl groups is 2. The Labute approximate surface area is 102 Å². The molecule has 0 amide bonds. The minimum absolute atomic E-state index is 0.0833. The molecule has 1 saturated heterocycles. The van der Waals surface area contributed by atoms with E-state index in [0.717, 1.165) is 0 Å². The van der Waals surface area contributed by atoms with Gasteiger partial charge in [0.1, 0.15) is 26.4 Å². The molecule has 5 atom stereocenters. The molecular weight excluding hydrogens is 248 g/mol. The lowest BCUT2D eigenvalue weighted by molar-refractivity contribution is -0.256. The molecule has 17 heavy (non-hydrogen) atoms. The second-order valence-electron chi connectivity index (χ2n) is 4.32. The van der Waals surface area contributed by atoms with E-state index >= 15 is 0 Å². The van der Waals surface area contributed by atoms with Gasteiger partial charge in [-0.15, -0.1) is 0 Å². The third kappa shape index (κ3) is 3.76. The number of aliphatic hydroxyl groups excluding tert-OH is 2. The van der Waals surface area contributed by atoms with Gasteiger partial charge >= 0.3 is 8.25 Å². The Hall–Kier alpha value is 0.0549. The van der Waals surface area contributed by atoms with Crippen LogP contribution >= 0.6 is 8.25 Å². The molecule has 0 aromatic heterocycles. The minimum atomic E-state index is -3.05. The normalized spacial score (nSPS) is 37.3. The van der Waals surface area contributed by atoms with Gasteiger partial charge in [-0.2, -0.15) is 0 Å². The number of ether oxygens (including phenoxy) is 1. The first kappa shape index (κ1) is 15.1. The summed E-state index contributed by atoms with van der Waals surface area (Å²) in [4.78, 5) is 10.1. The highest BCUT2D eigenvalue weighted by Crippen LogP contribution is 2.25. The molecule has 0 radical (unpaired) electrons. The third-order valence-corrected chi connectivity index (χ3v) is 3.13. The third-order valence-electron chi connectivity index (χ3n) is 2.72. The van der Waals surface area contributed by atoms with Gasteiger partial charge in [-0.05, 0) is 13.8 Å². The van der Waals surface area contributed by atoms with E-state index in [2.05, 4.69) is 4.52 Å². The lowest BCUT2D eigenvalue weighted by Crippen LogP contribution is -2.63. The first-order valence-electron chi connectivity index (χ1n) is 5.49. The van der Waals surface area contributed by atoms with Crippen LogP contribution in [0.3, 0.4) is 0 Å². The van der Waals surface area contributed by atoms with Crippen molar-refractivity contribution in [2.75, 3.05) is 6.61 Å². The van der Waals surface area contributed by atoms with Gasteiger partial charge in [-0.3, -0.25) is 4.57 Å². The number of rotatable bonds is 4. The Morgan fingerprint density at radius 3 is 2.53 bits per heavy atom. The molecular formula is C8H19BNO6P. The maximum absolute atomic E-state index is 10.5. The maximum atomic E-state index is 10.5. The quantitative estimate of drug-likeness (QED) is 0.403. The Bertz CT molecular complexity index is 281. The van der Waals surface area contributed by atoms with E-state index in [9.17, 15) is 14.8 Å². The van der Waals surface area contributed by atoms with Crippen LogP contribution in [0.5, 0.6) is 0 Å². The summed E-state index contributed by atoms with van der Waals surface area (Å²) in [6.45, 7) is 3.48. The zero-order valence-electron chi connectivity index (χ0n) is 10.1. The highest BCUT2D eigenvalue weighted by atomic mass is 31.1. The van der Waals surface area contributed by atoms with Crippen molar-refractivity contribution in [2.45, 2.75) is 44.5 Å². The fraction of sp³-hybridized carbons (Fsp3) is 1.00. The van der Waals surface area contributed by atoms with E-state index in [1.54, 1.807) is 7.85 Å². The van der Waals surface area contributed by atoms with Gasteiger partial charge in [-0.1, -0.05) is 0 Å². The summed E-state index contributed by atoms with van der Waals surface area (Å²) in [6, 6.07) is -0.588. The molecule has 3 N–H and O–H groups in total. The van der Waals surface area contributed by atoms with E-state index in [0.29, 0.717) is 0 Å². The fourth-order valence-corrected chi connectivity index (χ4v) is 2.20. The molecule has 1 rings (SSSR count). The van der Waals surface area contributed by atoms with Gasteiger partial charge in [0.05, 0.1) is 12.6 Å². The van der Waals surface area contributed by atoms with Crippen molar-refractivity contribution in [3.8, 4) is 0 Å². The van der Waals surface area contributed by atoms with E-state index < -0.39 is 32.8 Å². The first-order valence-corrected chi connectivity index (χ1v) is 6.75. The lowest BCUT2D eigenvalue weighted by atomic mass is 9.94. The summed E-state index contributed by atoms with van der Waals surface area (Å²) in [5.41, 5.74) is 0. The predicted molar refractivity (Wildman–Crippen MR) is 63.4 cm³/mol. The van der Waals surface area contributed by atoms with E-state index in [4.69, 9.17) is 9.63 Å². The first-order chi connectivity index (χ1) is 7.84. The summed E-state index contributed by atoms with van der Waals surface area (Å²) in [6.07, 6.45) is -2.73. The standard InChI is InChI=1S/C8H19BNO6P/c1-4(2)10-7(11)5(3-15-17(13)14)16-6(9)8(10)12/h4-8,11-12,17H,3,9H2,1-2H3,(H,13,14). The highest BCUT2D eigenvalue weighted by Gasteiger charge is 2.41. The molecule has 1 aliphatic rings. The molecule has 0 aromatic carbocycles. The maximum Gasteiger partial charge on any atom is 0.316 e. The van der Waals surface area contributed by atoms with Crippen LogP contribution in [0.1, 0.15) is 13.8 Å². The average Bonchev–Trinajstić information content (AvgIpc) is 2.21. The molecule has 1 aliphatic heterocycles. The van der Waals surface area contributed by atoms with Crippen molar-refractivity contribution in [1.29, 1.82) is 0 Å². The summed E-state index contributed by atoms with van der Waals surface area (Å²) >= 11 is 0.